The molecule has 2 heterocycles. The molecule has 1 amide bonds. The number of nitrogens with one attached hydrogen (secondary N) is 1. The largest absolute Gasteiger partial charge is 0.494 e. The quantitative estimate of drug-likeness (QED) is 0.337. The second-order valence-electron chi connectivity index (χ2n) is 7.63. The third-order valence-electron chi connectivity index (χ3n) is 5.54. The van der Waals surface area contributed by atoms with Gasteiger partial charge in [-0.3, -0.25) is 9.59 Å². The number of para-hydroxylation sites is 2. The van der Waals surface area contributed by atoms with Crippen LogP contribution in [0.5, 0.6) is 5.88 Å². The van der Waals surface area contributed by atoms with Crippen LogP contribution >= 0.6 is 0 Å². The average Bonchev–Trinajstić information content (AvgIpc) is 3.16. The van der Waals surface area contributed by atoms with E-state index in [1.165, 1.54) is 24.3 Å². The molecule has 0 spiro atoms. The number of nitrogens with zero attached hydrogens (tertiary/aromatic N) is 3. The van der Waals surface area contributed by atoms with Gasteiger partial charge in [-0.15, -0.1) is 5.10 Å². The van der Waals surface area contributed by atoms with Gasteiger partial charge in [-0.25, -0.2) is 4.57 Å². The first-order chi connectivity index (χ1) is 16.8. The van der Waals surface area contributed by atoms with E-state index in [1.54, 1.807) is 36.4 Å². The van der Waals surface area contributed by atoms with Crippen LogP contribution in [-0.4, -0.2) is 27.5 Å². The summed E-state index contributed by atoms with van der Waals surface area (Å²) in [4.78, 5) is 25.4. The van der Waals surface area contributed by atoms with Crippen molar-refractivity contribution in [3.8, 4) is 11.6 Å². The molecule has 5 rings (SSSR count). The number of halogens is 3. The zero-order valence-electron chi connectivity index (χ0n) is 17.7. The predicted octanol–water partition coefficient (Wildman–Crippen LogP) is 4.49. The molecule has 0 radical (unpaired) electrons. The standard InChI is InChI=1S/C25H15F3N4O3/c26-25(27,28)18-10-4-6-12-20(18)32-23(34)15-8-2-1-7-14(15)17(24(32)35)13-29-31-21-16-9-3-5-11-19(16)30-22(21)33/h1-13,35H,(H,30,31,33). The maximum Gasteiger partial charge on any atom is 0.418 e. The fraction of sp³-hybridized carbons (Fsp3) is 0.0400. The molecule has 4 aromatic rings. The summed E-state index contributed by atoms with van der Waals surface area (Å²) in [7, 11) is 0. The number of hydrogen-bond donors (Lipinski definition) is 2. The Morgan fingerprint density at radius 2 is 1.54 bits per heavy atom. The molecule has 1 aliphatic heterocycles. The van der Waals surface area contributed by atoms with Gasteiger partial charge in [0.15, 0.2) is 5.71 Å². The zero-order valence-corrected chi connectivity index (χ0v) is 17.7. The fourth-order valence-electron chi connectivity index (χ4n) is 3.97. The maximum atomic E-state index is 13.7. The summed E-state index contributed by atoms with van der Waals surface area (Å²) in [5.74, 6) is -1.22. The normalized spacial score (nSPS) is 14.6. The van der Waals surface area contributed by atoms with Gasteiger partial charge in [0.25, 0.3) is 11.5 Å². The number of aromatic nitrogens is 1. The van der Waals surface area contributed by atoms with Crippen LogP contribution in [0.1, 0.15) is 16.7 Å². The number of carbonyl (C=O) groups excluding carboxylic acids is 1. The molecular formula is C25H15F3N4O3. The summed E-state index contributed by atoms with van der Waals surface area (Å²) in [6.45, 7) is 0. The summed E-state index contributed by atoms with van der Waals surface area (Å²) in [5, 5.41) is 21.9. The van der Waals surface area contributed by atoms with E-state index >= 15 is 0 Å². The van der Waals surface area contributed by atoms with Gasteiger partial charge in [-0.2, -0.15) is 18.3 Å². The molecule has 2 N–H and O–H groups in total. The lowest BCUT2D eigenvalue weighted by Gasteiger charge is -2.17. The molecule has 0 bridgehead atoms. The second-order valence-corrected chi connectivity index (χ2v) is 7.63. The molecule has 174 valence electrons. The van der Waals surface area contributed by atoms with Gasteiger partial charge >= 0.3 is 6.18 Å². The number of amides is 1. The summed E-state index contributed by atoms with van der Waals surface area (Å²) >= 11 is 0. The monoisotopic (exact) mass is 476 g/mol. The van der Waals surface area contributed by atoms with Crippen LogP contribution in [0.15, 0.2) is 87.8 Å². The highest BCUT2D eigenvalue weighted by atomic mass is 19.4. The lowest BCUT2D eigenvalue weighted by atomic mass is 10.1. The Bertz CT molecular complexity index is 1620. The number of aromatic hydroxyl groups is 1. The molecule has 0 saturated heterocycles. The summed E-state index contributed by atoms with van der Waals surface area (Å²) in [6, 6.07) is 17.4. The van der Waals surface area contributed by atoms with Gasteiger partial charge in [0.1, 0.15) is 0 Å². The van der Waals surface area contributed by atoms with Gasteiger partial charge < -0.3 is 10.4 Å². The smallest absolute Gasteiger partial charge is 0.418 e. The first-order valence-corrected chi connectivity index (χ1v) is 10.3. The molecule has 0 atom stereocenters. The van der Waals surface area contributed by atoms with Gasteiger partial charge in [0.2, 0.25) is 5.88 Å². The molecule has 0 unspecified atom stereocenters. The Labute approximate surface area is 195 Å². The highest BCUT2D eigenvalue weighted by Crippen LogP contribution is 2.35. The number of alkyl halides is 3. The van der Waals surface area contributed by atoms with Crippen molar-refractivity contribution in [1.82, 2.24) is 4.57 Å². The molecule has 1 aliphatic rings. The van der Waals surface area contributed by atoms with Crippen LogP contribution in [0.3, 0.4) is 0 Å². The Kier molecular flexibility index (Phi) is 5.20. The average molecular weight is 476 g/mol. The second kappa shape index (κ2) is 8.24. The van der Waals surface area contributed by atoms with E-state index in [0.717, 1.165) is 18.3 Å². The SMILES string of the molecule is O=C1Nc2ccccc2C1=NN=Cc1c(O)n(-c2ccccc2C(F)(F)F)c(=O)c2ccccc12. The van der Waals surface area contributed by atoms with Crippen molar-refractivity contribution < 1.29 is 23.1 Å². The van der Waals surface area contributed by atoms with Crippen LogP contribution in [-0.2, 0) is 11.0 Å². The van der Waals surface area contributed by atoms with E-state index in [1.807, 2.05) is 0 Å². The number of carbonyl (C=O) groups is 1. The molecule has 3 aromatic carbocycles. The lowest BCUT2D eigenvalue weighted by Crippen LogP contribution is -2.23. The van der Waals surface area contributed by atoms with E-state index in [2.05, 4.69) is 15.5 Å². The molecular weight excluding hydrogens is 461 g/mol. The van der Waals surface area contributed by atoms with Crippen LogP contribution in [0.25, 0.3) is 16.5 Å². The van der Waals surface area contributed by atoms with E-state index in [-0.39, 0.29) is 22.0 Å². The van der Waals surface area contributed by atoms with Crippen LogP contribution in [0, 0.1) is 0 Å². The molecule has 0 aliphatic carbocycles. The highest BCUT2D eigenvalue weighted by molar-refractivity contribution is 6.53. The van der Waals surface area contributed by atoms with Crippen LogP contribution in [0.2, 0.25) is 0 Å². The first-order valence-electron chi connectivity index (χ1n) is 10.3. The molecule has 1 aromatic heterocycles. The van der Waals surface area contributed by atoms with Gasteiger partial charge in [0.05, 0.1) is 28.7 Å². The van der Waals surface area contributed by atoms with Crippen molar-refractivity contribution in [3.05, 3.63) is 99.8 Å². The van der Waals surface area contributed by atoms with E-state index < -0.39 is 34.8 Å². The minimum atomic E-state index is -4.77. The van der Waals surface area contributed by atoms with Gasteiger partial charge in [0, 0.05) is 16.3 Å². The number of pyridine rings is 1. The molecule has 0 fully saturated rings. The van der Waals surface area contributed by atoms with Crippen LogP contribution < -0.4 is 10.9 Å². The van der Waals surface area contributed by atoms with E-state index in [9.17, 15) is 27.9 Å². The number of anilines is 1. The highest BCUT2D eigenvalue weighted by Gasteiger charge is 2.35. The summed E-state index contributed by atoms with van der Waals surface area (Å²) in [5.41, 5.74) is -1.34. The van der Waals surface area contributed by atoms with Crippen LogP contribution in [0.4, 0.5) is 18.9 Å². The van der Waals surface area contributed by atoms with E-state index in [4.69, 9.17) is 0 Å². The minimum Gasteiger partial charge on any atom is -0.494 e. The van der Waals surface area contributed by atoms with Gasteiger partial charge in [-0.1, -0.05) is 48.5 Å². The van der Waals surface area contributed by atoms with Crippen molar-refractivity contribution >= 4 is 34.3 Å². The number of rotatable bonds is 3. The lowest BCUT2D eigenvalue weighted by molar-refractivity contribution is -0.137. The third-order valence-corrected chi connectivity index (χ3v) is 5.54. The number of benzene rings is 3. The minimum absolute atomic E-state index is 0.0341. The molecule has 7 nitrogen and oxygen atoms in total. The predicted molar refractivity (Wildman–Crippen MR) is 125 cm³/mol. The number of hydrogen-bond acceptors (Lipinski definition) is 5. The van der Waals surface area contributed by atoms with Crippen molar-refractivity contribution in [3.63, 3.8) is 0 Å². The van der Waals surface area contributed by atoms with Crippen molar-refractivity contribution in [2.75, 3.05) is 5.32 Å². The van der Waals surface area contributed by atoms with Crippen molar-refractivity contribution in [1.29, 1.82) is 0 Å². The summed E-state index contributed by atoms with van der Waals surface area (Å²) in [6.07, 6.45) is -3.66. The Morgan fingerprint density at radius 3 is 2.31 bits per heavy atom. The molecule has 0 saturated carbocycles. The maximum absolute atomic E-state index is 13.7. The summed E-state index contributed by atoms with van der Waals surface area (Å²) < 4.78 is 41.6. The van der Waals surface area contributed by atoms with Gasteiger partial charge in [-0.05, 0) is 24.3 Å². The Morgan fingerprint density at radius 1 is 0.886 bits per heavy atom. The third kappa shape index (κ3) is 3.74. The van der Waals surface area contributed by atoms with Crippen molar-refractivity contribution in [2.45, 2.75) is 6.18 Å². The molecule has 35 heavy (non-hydrogen) atoms. The molecule has 10 heteroatoms. The van der Waals surface area contributed by atoms with E-state index in [0.29, 0.717) is 15.8 Å². The van der Waals surface area contributed by atoms with Crippen molar-refractivity contribution in [2.24, 2.45) is 10.2 Å². The Balaban J connectivity index is 1.71. The fourth-order valence-corrected chi connectivity index (χ4v) is 3.97. The zero-order chi connectivity index (χ0) is 24.7. The first kappa shape index (κ1) is 22.1. The Hall–Kier alpha value is -4.73. The number of fused-ring (bicyclic) bond motifs is 2. The topological polar surface area (TPSA) is 96.0 Å².